The predicted octanol–water partition coefficient (Wildman–Crippen LogP) is 2.81. The first-order chi connectivity index (χ1) is 9.08. The second kappa shape index (κ2) is 6.21. The van der Waals surface area contributed by atoms with E-state index in [1.807, 2.05) is 17.8 Å². The number of nitrogens with one attached hydrogen (secondary N) is 1. The Morgan fingerprint density at radius 2 is 2.32 bits per heavy atom. The van der Waals surface area contributed by atoms with E-state index in [0.717, 1.165) is 10.3 Å². The molecule has 1 amide bonds. The second-order valence-corrected chi connectivity index (χ2v) is 5.41. The van der Waals surface area contributed by atoms with Gasteiger partial charge in [-0.25, -0.2) is 4.98 Å². The van der Waals surface area contributed by atoms with Gasteiger partial charge in [0.25, 0.3) is 5.91 Å². The van der Waals surface area contributed by atoms with Gasteiger partial charge >= 0.3 is 0 Å². The SMILES string of the molecule is Cn1ccnc1CCNC(=O)c1cc(Br)ccc1Cl. The fourth-order valence-corrected chi connectivity index (χ4v) is 2.26. The van der Waals surface area contributed by atoms with E-state index in [0.29, 0.717) is 23.6 Å². The Kier molecular flexibility index (Phi) is 4.61. The number of benzene rings is 1. The molecule has 0 aliphatic rings. The molecular formula is C13H13BrClN3O. The van der Waals surface area contributed by atoms with Crippen molar-refractivity contribution < 1.29 is 4.79 Å². The number of amides is 1. The zero-order valence-electron chi connectivity index (χ0n) is 10.4. The molecule has 2 aromatic rings. The van der Waals surface area contributed by atoms with E-state index >= 15 is 0 Å². The van der Waals surface area contributed by atoms with E-state index in [1.54, 1.807) is 24.4 Å². The van der Waals surface area contributed by atoms with Crippen molar-refractivity contribution in [2.24, 2.45) is 7.05 Å². The average Bonchev–Trinajstić information content (AvgIpc) is 2.78. The van der Waals surface area contributed by atoms with E-state index < -0.39 is 0 Å². The largest absolute Gasteiger partial charge is 0.352 e. The highest BCUT2D eigenvalue weighted by atomic mass is 79.9. The van der Waals surface area contributed by atoms with Gasteiger partial charge in [-0.1, -0.05) is 27.5 Å². The number of imidazole rings is 1. The van der Waals surface area contributed by atoms with Crippen LogP contribution in [0, 0.1) is 0 Å². The van der Waals surface area contributed by atoms with Crippen molar-refractivity contribution in [1.29, 1.82) is 0 Å². The Morgan fingerprint density at radius 3 is 3.00 bits per heavy atom. The maximum atomic E-state index is 12.0. The number of carbonyl (C=O) groups excluding carboxylic acids is 1. The number of aryl methyl sites for hydroxylation is 1. The molecule has 6 heteroatoms. The van der Waals surface area contributed by atoms with Gasteiger partial charge in [0.05, 0.1) is 10.6 Å². The number of halogens is 2. The Morgan fingerprint density at radius 1 is 1.53 bits per heavy atom. The van der Waals surface area contributed by atoms with Gasteiger partial charge in [0.15, 0.2) is 0 Å². The summed E-state index contributed by atoms with van der Waals surface area (Å²) in [6, 6.07) is 5.20. The molecule has 1 N–H and O–H groups in total. The quantitative estimate of drug-likeness (QED) is 0.929. The minimum atomic E-state index is -0.180. The Labute approximate surface area is 124 Å². The van der Waals surface area contributed by atoms with Crippen LogP contribution in [0.25, 0.3) is 0 Å². The van der Waals surface area contributed by atoms with Crippen molar-refractivity contribution in [3.8, 4) is 0 Å². The molecule has 0 unspecified atom stereocenters. The molecule has 0 aliphatic carbocycles. The summed E-state index contributed by atoms with van der Waals surface area (Å²) in [6.07, 6.45) is 4.30. The zero-order valence-corrected chi connectivity index (χ0v) is 12.7. The van der Waals surface area contributed by atoms with Gasteiger partial charge in [-0.2, -0.15) is 0 Å². The van der Waals surface area contributed by atoms with E-state index in [-0.39, 0.29) is 5.91 Å². The topological polar surface area (TPSA) is 46.9 Å². The van der Waals surface area contributed by atoms with Crippen molar-refractivity contribution in [2.75, 3.05) is 6.54 Å². The molecule has 0 radical (unpaired) electrons. The number of nitrogens with zero attached hydrogens (tertiary/aromatic N) is 2. The van der Waals surface area contributed by atoms with Crippen molar-refractivity contribution in [1.82, 2.24) is 14.9 Å². The standard InChI is InChI=1S/C13H13BrClN3O/c1-18-7-6-16-12(18)4-5-17-13(19)10-8-9(14)2-3-11(10)15/h2-3,6-8H,4-5H2,1H3,(H,17,19). The van der Waals surface area contributed by atoms with Crippen LogP contribution in [0.3, 0.4) is 0 Å². The smallest absolute Gasteiger partial charge is 0.252 e. The molecule has 1 aromatic carbocycles. The van der Waals surface area contributed by atoms with Gasteiger partial charge < -0.3 is 9.88 Å². The van der Waals surface area contributed by atoms with Crippen LogP contribution in [0.1, 0.15) is 16.2 Å². The highest BCUT2D eigenvalue weighted by molar-refractivity contribution is 9.10. The second-order valence-electron chi connectivity index (χ2n) is 4.08. The molecule has 0 saturated carbocycles. The summed E-state index contributed by atoms with van der Waals surface area (Å²) in [5.41, 5.74) is 0.468. The predicted molar refractivity (Wildman–Crippen MR) is 78.4 cm³/mol. The van der Waals surface area contributed by atoms with Gasteiger partial charge in [0.1, 0.15) is 5.82 Å². The third-order valence-electron chi connectivity index (χ3n) is 2.73. The molecule has 0 aliphatic heterocycles. The van der Waals surface area contributed by atoms with E-state index in [9.17, 15) is 4.79 Å². The van der Waals surface area contributed by atoms with Crippen LogP contribution in [0.2, 0.25) is 5.02 Å². The van der Waals surface area contributed by atoms with Crippen LogP contribution >= 0.6 is 27.5 Å². The van der Waals surface area contributed by atoms with Crippen LogP contribution < -0.4 is 5.32 Å². The zero-order chi connectivity index (χ0) is 13.8. The van der Waals surface area contributed by atoms with Crippen molar-refractivity contribution >= 4 is 33.4 Å². The first-order valence-corrected chi connectivity index (χ1v) is 6.94. The fraction of sp³-hybridized carbons (Fsp3) is 0.231. The van der Waals surface area contributed by atoms with E-state index in [1.165, 1.54) is 0 Å². The molecule has 1 heterocycles. The number of aromatic nitrogens is 2. The molecule has 0 spiro atoms. The maximum absolute atomic E-state index is 12.0. The van der Waals surface area contributed by atoms with Crippen molar-refractivity contribution in [3.05, 3.63) is 51.5 Å². The van der Waals surface area contributed by atoms with Crippen LogP contribution in [0.5, 0.6) is 0 Å². The molecule has 0 saturated heterocycles. The lowest BCUT2D eigenvalue weighted by Gasteiger charge is -2.07. The summed E-state index contributed by atoms with van der Waals surface area (Å²) in [4.78, 5) is 16.2. The van der Waals surface area contributed by atoms with Crippen LogP contribution in [0.15, 0.2) is 35.1 Å². The van der Waals surface area contributed by atoms with Gasteiger partial charge in [0.2, 0.25) is 0 Å². The summed E-state index contributed by atoms with van der Waals surface area (Å²) in [7, 11) is 1.93. The number of carbonyl (C=O) groups is 1. The molecule has 4 nitrogen and oxygen atoms in total. The van der Waals surface area contributed by atoms with Crippen molar-refractivity contribution in [2.45, 2.75) is 6.42 Å². The lowest BCUT2D eigenvalue weighted by atomic mass is 10.2. The highest BCUT2D eigenvalue weighted by Gasteiger charge is 2.10. The first kappa shape index (κ1) is 14.1. The minimum absolute atomic E-state index is 0.180. The lowest BCUT2D eigenvalue weighted by molar-refractivity contribution is 0.0954. The lowest BCUT2D eigenvalue weighted by Crippen LogP contribution is -2.26. The van der Waals surface area contributed by atoms with Crippen molar-refractivity contribution in [3.63, 3.8) is 0 Å². The van der Waals surface area contributed by atoms with Crippen LogP contribution in [0.4, 0.5) is 0 Å². The normalized spacial score (nSPS) is 10.5. The number of rotatable bonds is 4. The third kappa shape index (κ3) is 3.58. The van der Waals surface area contributed by atoms with Gasteiger partial charge in [-0.05, 0) is 18.2 Å². The Hall–Kier alpha value is -1.33. The summed E-state index contributed by atoms with van der Waals surface area (Å²) < 4.78 is 2.75. The van der Waals surface area contributed by atoms with E-state index in [4.69, 9.17) is 11.6 Å². The summed E-state index contributed by atoms with van der Waals surface area (Å²) in [5.74, 6) is 0.751. The molecule has 0 atom stereocenters. The Balaban J connectivity index is 1.94. The molecule has 0 bridgehead atoms. The number of hydrogen-bond donors (Lipinski definition) is 1. The molecule has 19 heavy (non-hydrogen) atoms. The van der Waals surface area contributed by atoms with Crippen LogP contribution in [-0.2, 0) is 13.5 Å². The van der Waals surface area contributed by atoms with Gasteiger partial charge in [-0.15, -0.1) is 0 Å². The first-order valence-electron chi connectivity index (χ1n) is 5.77. The van der Waals surface area contributed by atoms with Gasteiger partial charge in [-0.3, -0.25) is 4.79 Å². The highest BCUT2D eigenvalue weighted by Crippen LogP contribution is 2.20. The molecule has 2 rings (SSSR count). The Bertz CT molecular complexity index is 597. The third-order valence-corrected chi connectivity index (χ3v) is 3.55. The summed E-state index contributed by atoms with van der Waals surface area (Å²) in [6.45, 7) is 0.520. The molecule has 100 valence electrons. The molecular weight excluding hydrogens is 330 g/mol. The summed E-state index contributed by atoms with van der Waals surface area (Å²) >= 11 is 9.32. The molecule has 0 fully saturated rings. The fourth-order valence-electron chi connectivity index (χ4n) is 1.69. The average molecular weight is 343 g/mol. The van der Waals surface area contributed by atoms with Crippen LogP contribution in [-0.4, -0.2) is 22.0 Å². The maximum Gasteiger partial charge on any atom is 0.252 e. The monoisotopic (exact) mass is 341 g/mol. The molecule has 1 aromatic heterocycles. The number of hydrogen-bond acceptors (Lipinski definition) is 2. The summed E-state index contributed by atoms with van der Waals surface area (Å²) in [5, 5.41) is 3.28. The van der Waals surface area contributed by atoms with E-state index in [2.05, 4.69) is 26.2 Å². The van der Waals surface area contributed by atoms with Gasteiger partial charge in [0, 0.05) is 36.9 Å². The minimum Gasteiger partial charge on any atom is -0.352 e.